The van der Waals surface area contributed by atoms with E-state index in [2.05, 4.69) is 0 Å². The van der Waals surface area contributed by atoms with Gasteiger partial charge in [-0.15, -0.1) is 0 Å². The SMILES string of the molecule is COCCOCCOc1cc(N)ccc1N.COc1cccc(O)c1. The van der Waals surface area contributed by atoms with Crippen molar-refractivity contribution in [3.63, 3.8) is 0 Å². The Kier molecular flexibility index (Phi) is 9.65. The summed E-state index contributed by atoms with van der Waals surface area (Å²) in [6.45, 7) is 2.08. The molecule has 0 bridgehead atoms. The van der Waals surface area contributed by atoms with Gasteiger partial charge in [0.25, 0.3) is 0 Å². The first-order valence-corrected chi connectivity index (χ1v) is 7.74. The van der Waals surface area contributed by atoms with E-state index in [1.807, 2.05) is 0 Å². The molecular formula is C18H26N2O5. The molecule has 0 heterocycles. The van der Waals surface area contributed by atoms with Gasteiger partial charge in [0.05, 0.1) is 32.6 Å². The molecular weight excluding hydrogens is 324 g/mol. The second kappa shape index (κ2) is 11.8. The Balaban J connectivity index is 0.000000293. The minimum absolute atomic E-state index is 0.231. The van der Waals surface area contributed by atoms with E-state index < -0.39 is 0 Å². The summed E-state index contributed by atoms with van der Waals surface area (Å²) >= 11 is 0. The number of hydrogen-bond acceptors (Lipinski definition) is 7. The fourth-order valence-corrected chi connectivity index (χ4v) is 1.74. The number of hydrogen-bond donors (Lipinski definition) is 3. The zero-order valence-corrected chi connectivity index (χ0v) is 14.6. The lowest BCUT2D eigenvalue weighted by Gasteiger charge is -2.09. The van der Waals surface area contributed by atoms with Crippen LogP contribution in [0.15, 0.2) is 42.5 Å². The zero-order chi connectivity index (χ0) is 18.5. The predicted octanol–water partition coefficient (Wildman–Crippen LogP) is 2.29. The molecule has 0 aliphatic rings. The van der Waals surface area contributed by atoms with Crippen LogP contribution in [-0.4, -0.2) is 45.8 Å². The fraction of sp³-hybridized carbons (Fsp3) is 0.333. The van der Waals surface area contributed by atoms with Crippen LogP contribution in [0.1, 0.15) is 0 Å². The minimum atomic E-state index is 0.231. The zero-order valence-electron chi connectivity index (χ0n) is 14.6. The van der Waals surface area contributed by atoms with Gasteiger partial charge in [0.1, 0.15) is 23.9 Å². The van der Waals surface area contributed by atoms with Crippen LogP contribution in [0.2, 0.25) is 0 Å². The third-order valence-corrected chi connectivity index (χ3v) is 3.01. The van der Waals surface area contributed by atoms with Gasteiger partial charge in [-0.2, -0.15) is 0 Å². The van der Waals surface area contributed by atoms with Crippen LogP contribution in [-0.2, 0) is 9.47 Å². The first-order valence-electron chi connectivity index (χ1n) is 7.74. The monoisotopic (exact) mass is 350 g/mol. The summed E-state index contributed by atoms with van der Waals surface area (Å²) in [5.74, 6) is 1.50. The molecule has 7 heteroatoms. The Morgan fingerprint density at radius 3 is 2.32 bits per heavy atom. The summed E-state index contributed by atoms with van der Waals surface area (Å²) in [6.07, 6.45) is 0. The van der Waals surface area contributed by atoms with Crippen molar-refractivity contribution >= 4 is 11.4 Å². The molecule has 2 rings (SSSR count). The van der Waals surface area contributed by atoms with Crippen molar-refractivity contribution in [3.05, 3.63) is 42.5 Å². The number of aromatic hydroxyl groups is 1. The molecule has 0 radical (unpaired) electrons. The Labute approximate surface area is 148 Å². The number of nitrogens with two attached hydrogens (primary N) is 2. The highest BCUT2D eigenvalue weighted by Gasteiger charge is 2.00. The van der Waals surface area contributed by atoms with E-state index in [1.54, 1.807) is 56.7 Å². The van der Waals surface area contributed by atoms with Crippen LogP contribution < -0.4 is 20.9 Å². The molecule has 7 nitrogen and oxygen atoms in total. The Morgan fingerprint density at radius 2 is 1.68 bits per heavy atom. The van der Waals surface area contributed by atoms with E-state index in [0.717, 1.165) is 0 Å². The number of nitrogen functional groups attached to an aromatic ring is 2. The van der Waals surface area contributed by atoms with Crippen molar-refractivity contribution in [3.8, 4) is 17.2 Å². The van der Waals surface area contributed by atoms with Gasteiger partial charge in [-0.25, -0.2) is 0 Å². The number of rotatable bonds is 8. The summed E-state index contributed by atoms with van der Waals surface area (Å²) < 4.78 is 20.3. The second-order valence-corrected chi connectivity index (χ2v) is 4.95. The predicted molar refractivity (Wildman–Crippen MR) is 98.1 cm³/mol. The summed E-state index contributed by atoms with van der Waals surface area (Å²) in [6, 6.07) is 11.8. The lowest BCUT2D eigenvalue weighted by atomic mass is 10.2. The molecule has 5 N–H and O–H groups in total. The molecule has 2 aromatic carbocycles. The summed E-state index contributed by atoms with van der Waals surface area (Å²) in [7, 11) is 3.20. The molecule has 25 heavy (non-hydrogen) atoms. The summed E-state index contributed by atoms with van der Waals surface area (Å²) in [5, 5.41) is 8.86. The molecule has 0 fully saturated rings. The standard InChI is InChI=1S/C11H18N2O3.C7H8O2/c1-14-4-5-15-6-7-16-11-8-9(12)2-3-10(11)13;1-9-7-4-2-3-6(8)5-7/h2-3,8H,4-7,12-13H2,1H3;2-5,8H,1H3. The van der Waals surface area contributed by atoms with E-state index in [4.69, 9.17) is 35.5 Å². The van der Waals surface area contributed by atoms with Crippen molar-refractivity contribution in [1.29, 1.82) is 0 Å². The number of benzene rings is 2. The van der Waals surface area contributed by atoms with Crippen molar-refractivity contribution in [2.45, 2.75) is 0 Å². The molecule has 0 aliphatic heterocycles. The van der Waals surface area contributed by atoms with E-state index >= 15 is 0 Å². The van der Waals surface area contributed by atoms with Crippen LogP contribution in [0.3, 0.4) is 0 Å². The summed E-state index contributed by atoms with van der Waals surface area (Å²) in [5.41, 5.74) is 12.5. The first-order chi connectivity index (χ1) is 12.1. The quantitative estimate of drug-likeness (QED) is 0.495. The highest BCUT2D eigenvalue weighted by atomic mass is 16.5. The average Bonchev–Trinajstić information content (AvgIpc) is 2.61. The lowest BCUT2D eigenvalue weighted by Crippen LogP contribution is -2.10. The molecule has 0 saturated heterocycles. The van der Waals surface area contributed by atoms with E-state index in [9.17, 15) is 0 Å². The van der Waals surface area contributed by atoms with E-state index in [-0.39, 0.29) is 5.75 Å². The molecule has 0 aliphatic carbocycles. The van der Waals surface area contributed by atoms with Crippen LogP contribution in [0, 0.1) is 0 Å². The van der Waals surface area contributed by atoms with Crippen LogP contribution in [0.25, 0.3) is 0 Å². The van der Waals surface area contributed by atoms with Gasteiger partial charge in [-0.05, 0) is 24.3 Å². The maximum absolute atomic E-state index is 8.86. The third-order valence-electron chi connectivity index (χ3n) is 3.01. The molecule has 138 valence electrons. The maximum Gasteiger partial charge on any atom is 0.144 e. The van der Waals surface area contributed by atoms with Gasteiger partial charge in [-0.3, -0.25) is 0 Å². The van der Waals surface area contributed by atoms with Crippen LogP contribution >= 0.6 is 0 Å². The highest BCUT2D eigenvalue weighted by Crippen LogP contribution is 2.23. The van der Waals surface area contributed by atoms with E-state index in [0.29, 0.717) is 49.3 Å². The van der Waals surface area contributed by atoms with Gasteiger partial charge in [0, 0.05) is 24.9 Å². The molecule has 0 spiro atoms. The van der Waals surface area contributed by atoms with Crippen molar-refractivity contribution in [2.24, 2.45) is 0 Å². The number of ether oxygens (including phenoxy) is 4. The lowest BCUT2D eigenvalue weighted by molar-refractivity contribution is 0.0545. The maximum atomic E-state index is 8.86. The van der Waals surface area contributed by atoms with Gasteiger partial charge in [-0.1, -0.05) is 6.07 Å². The second-order valence-electron chi connectivity index (χ2n) is 4.95. The smallest absolute Gasteiger partial charge is 0.144 e. The van der Waals surface area contributed by atoms with Crippen molar-refractivity contribution in [1.82, 2.24) is 0 Å². The van der Waals surface area contributed by atoms with Gasteiger partial charge < -0.3 is 35.5 Å². The molecule has 0 atom stereocenters. The van der Waals surface area contributed by atoms with Gasteiger partial charge >= 0.3 is 0 Å². The highest BCUT2D eigenvalue weighted by molar-refractivity contribution is 5.59. The molecule has 0 saturated carbocycles. The topological polar surface area (TPSA) is 109 Å². The Morgan fingerprint density at radius 1 is 0.920 bits per heavy atom. The average molecular weight is 350 g/mol. The summed E-state index contributed by atoms with van der Waals surface area (Å²) in [4.78, 5) is 0. The fourth-order valence-electron chi connectivity index (χ4n) is 1.74. The molecule has 2 aromatic rings. The normalized spacial score (nSPS) is 9.84. The number of methoxy groups -OCH3 is 2. The van der Waals surface area contributed by atoms with Crippen LogP contribution in [0.5, 0.6) is 17.2 Å². The largest absolute Gasteiger partial charge is 0.508 e. The third kappa shape index (κ3) is 8.69. The minimum Gasteiger partial charge on any atom is -0.508 e. The van der Waals surface area contributed by atoms with Crippen molar-refractivity contribution < 1.29 is 24.1 Å². The Bertz CT molecular complexity index is 622. The number of anilines is 2. The van der Waals surface area contributed by atoms with Gasteiger partial charge in [0.15, 0.2) is 0 Å². The molecule has 0 unspecified atom stereocenters. The van der Waals surface area contributed by atoms with Crippen LogP contribution in [0.4, 0.5) is 11.4 Å². The van der Waals surface area contributed by atoms with E-state index in [1.165, 1.54) is 0 Å². The number of phenolic OH excluding ortho intramolecular Hbond substituents is 1. The molecule has 0 aromatic heterocycles. The van der Waals surface area contributed by atoms with Gasteiger partial charge in [0.2, 0.25) is 0 Å². The number of phenols is 1. The first kappa shape index (κ1) is 20.4. The molecule has 0 amide bonds. The van der Waals surface area contributed by atoms with Crippen molar-refractivity contribution in [2.75, 3.05) is 52.1 Å². The Hall–Kier alpha value is -2.64.